The molecule has 0 aliphatic carbocycles. The first-order valence-corrected chi connectivity index (χ1v) is 7.86. The van der Waals surface area contributed by atoms with Gasteiger partial charge in [-0.1, -0.05) is 12.1 Å². The quantitative estimate of drug-likeness (QED) is 0.851. The molecule has 2 aromatic rings. The zero-order valence-electron chi connectivity index (χ0n) is 12.2. The van der Waals surface area contributed by atoms with Crippen LogP contribution in [0.4, 0.5) is 11.4 Å². The lowest BCUT2D eigenvalue weighted by atomic mass is 10.1. The van der Waals surface area contributed by atoms with Crippen LogP contribution in [0.25, 0.3) is 0 Å². The van der Waals surface area contributed by atoms with Crippen LogP contribution < -0.4 is 15.2 Å². The van der Waals surface area contributed by atoms with Crippen molar-refractivity contribution in [3.05, 3.63) is 47.5 Å². The van der Waals surface area contributed by atoms with Crippen molar-refractivity contribution in [2.45, 2.75) is 18.7 Å². The molecule has 6 heteroatoms. The monoisotopic (exact) mass is 306 g/mol. The lowest BCUT2D eigenvalue weighted by Gasteiger charge is -2.14. The second kappa shape index (κ2) is 5.65. The largest absolute Gasteiger partial charge is 0.495 e. The molecule has 0 saturated carbocycles. The van der Waals surface area contributed by atoms with Gasteiger partial charge in [0.1, 0.15) is 10.6 Å². The third kappa shape index (κ3) is 3.11. The maximum absolute atomic E-state index is 12.6. The Morgan fingerprint density at radius 3 is 2.52 bits per heavy atom. The average molecular weight is 306 g/mol. The molecule has 5 nitrogen and oxygen atoms in total. The van der Waals surface area contributed by atoms with Crippen molar-refractivity contribution in [2.24, 2.45) is 0 Å². The Labute approximate surface area is 124 Å². The van der Waals surface area contributed by atoms with Crippen LogP contribution in [0.15, 0.2) is 41.3 Å². The molecule has 0 bridgehead atoms. The van der Waals surface area contributed by atoms with E-state index in [1.54, 1.807) is 18.2 Å². The van der Waals surface area contributed by atoms with Gasteiger partial charge >= 0.3 is 0 Å². The van der Waals surface area contributed by atoms with Gasteiger partial charge in [-0.3, -0.25) is 4.72 Å². The summed E-state index contributed by atoms with van der Waals surface area (Å²) in [7, 11) is -2.35. The molecule has 0 amide bonds. The minimum Gasteiger partial charge on any atom is -0.495 e. The SMILES string of the molecule is COc1ccc(N)cc1S(=O)(=O)Nc1cccc(C)c1C. The van der Waals surface area contributed by atoms with Gasteiger partial charge < -0.3 is 10.5 Å². The third-order valence-electron chi connectivity index (χ3n) is 3.33. The van der Waals surface area contributed by atoms with E-state index in [4.69, 9.17) is 10.5 Å². The Bertz CT molecular complexity index is 770. The van der Waals surface area contributed by atoms with Crippen molar-refractivity contribution >= 4 is 21.4 Å². The molecule has 0 fully saturated rings. The molecular weight excluding hydrogens is 288 g/mol. The molecule has 0 aliphatic rings. The molecule has 0 aromatic heterocycles. The minimum absolute atomic E-state index is 0.0194. The predicted octanol–water partition coefficient (Wildman–Crippen LogP) is 2.70. The van der Waals surface area contributed by atoms with E-state index in [1.807, 2.05) is 19.9 Å². The standard InChI is InChI=1S/C15H18N2O3S/c1-10-5-4-6-13(11(10)2)17-21(18,19)15-9-12(16)7-8-14(15)20-3/h4-9,17H,16H2,1-3H3. The molecule has 0 spiro atoms. The fraction of sp³-hybridized carbons (Fsp3) is 0.200. The number of nitrogen functional groups attached to an aromatic ring is 1. The van der Waals surface area contributed by atoms with Gasteiger partial charge in [0.25, 0.3) is 10.0 Å². The fourth-order valence-electron chi connectivity index (χ4n) is 1.96. The molecule has 112 valence electrons. The van der Waals surface area contributed by atoms with E-state index in [1.165, 1.54) is 19.2 Å². The van der Waals surface area contributed by atoms with E-state index in [-0.39, 0.29) is 10.6 Å². The van der Waals surface area contributed by atoms with Gasteiger partial charge in [-0.05, 0) is 49.2 Å². The number of ether oxygens (including phenoxy) is 1. The van der Waals surface area contributed by atoms with Gasteiger partial charge in [-0.2, -0.15) is 0 Å². The fourth-order valence-corrected chi connectivity index (χ4v) is 3.29. The smallest absolute Gasteiger partial charge is 0.265 e. The molecule has 0 atom stereocenters. The van der Waals surface area contributed by atoms with Crippen molar-refractivity contribution in [3.63, 3.8) is 0 Å². The number of hydrogen-bond donors (Lipinski definition) is 2. The normalized spacial score (nSPS) is 11.2. The van der Waals surface area contributed by atoms with Crippen molar-refractivity contribution in [2.75, 3.05) is 17.6 Å². The van der Waals surface area contributed by atoms with Crippen molar-refractivity contribution in [1.29, 1.82) is 0 Å². The Hall–Kier alpha value is -2.21. The van der Waals surface area contributed by atoms with E-state index in [0.29, 0.717) is 11.4 Å². The van der Waals surface area contributed by atoms with Gasteiger partial charge in [0.2, 0.25) is 0 Å². The first kappa shape index (κ1) is 15.2. The number of sulfonamides is 1. The molecule has 0 radical (unpaired) electrons. The zero-order valence-corrected chi connectivity index (χ0v) is 13.0. The lowest BCUT2D eigenvalue weighted by Crippen LogP contribution is -2.15. The summed E-state index contributed by atoms with van der Waals surface area (Å²) < 4.78 is 32.8. The highest BCUT2D eigenvalue weighted by Crippen LogP contribution is 2.29. The number of nitrogens with two attached hydrogens (primary N) is 1. The van der Waals surface area contributed by atoms with Crippen LogP contribution in [0.2, 0.25) is 0 Å². The number of rotatable bonds is 4. The first-order valence-electron chi connectivity index (χ1n) is 6.37. The number of nitrogens with one attached hydrogen (secondary N) is 1. The Kier molecular flexibility index (Phi) is 4.09. The number of hydrogen-bond acceptors (Lipinski definition) is 4. The molecule has 0 aliphatic heterocycles. The van der Waals surface area contributed by atoms with E-state index in [0.717, 1.165) is 11.1 Å². The van der Waals surface area contributed by atoms with Crippen LogP contribution in [0.5, 0.6) is 5.75 Å². The second-order valence-corrected chi connectivity index (χ2v) is 6.41. The van der Waals surface area contributed by atoms with Crippen LogP contribution in [0.3, 0.4) is 0 Å². The maximum atomic E-state index is 12.6. The number of methoxy groups -OCH3 is 1. The van der Waals surface area contributed by atoms with Gasteiger partial charge in [0, 0.05) is 5.69 Å². The first-order chi connectivity index (χ1) is 9.85. The maximum Gasteiger partial charge on any atom is 0.265 e. The third-order valence-corrected chi connectivity index (χ3v) is 4.71. The zero-order chi connectivity index (χ0) is 15.6. The van der Waals surface area contributed by atoms with Gasteiger partial charge in [-0.15, -0.1) is 0 Å². The molecule has 2 aromatic carbocycles. The van der Waals surface area contributed by atoms with E-state index in [9.17, 15) is 8.42 Å². The van der Waals surface area contributed by atoms with Crippen LogP contribution >= 0.6 is 0 Å². The van der Waals surface area contributed by atoms with Crippen molar-refractivity contribution in [1.82, 2.24) is 0 Å². The summed E-state index contributed by atoms with van der Waals surface area (Å²) >= 11 is 0. The Morgan fingerprint density at radius 2 is 1.86 bits per heavy atom. The summed E-state index contributed by atoms with van der Waals surface area (Å²) in [5.74, 6) is 0.252. The molecule has 0 heterocycles. The summed E-state index contributed by atoms with van der Waals surface area (Å²) in [4.78, 5) is 0.0194. The average Bonchev–Trinajstić information content (AvgIpc) is 2.44. The van der Waals surface area contributed by atoms with E-state index in [2.05, 4.69) is 4.72 Å². The number of anilines is 2. The molecule has 21 heavy (non-hydrogen) atoms. The second-order valence-electron chi connectivity index (χ2n) is 4.76. The highest BCUT2D eigenvalue weighted by Gasteiger charge is 2.20. The molecule has 0 unspecified atom stereocenters. The number of aryl methyl sites for hydroxylation is 1. The highest BCUT2D eigenvalue weighted by atomic mass is 32.2. The van der Waals surface area contributed by atoms with Crippen molar-refractivity contribution < 1.29 is 13.2 Å². The van der Waals surface area contributed by atoms with Crippen LogP contribution in [0, 0.1) is 13.8 Å². The predicted molar refractivity (Wildman–Crippen MR) is 84.1 cm³/mol. The topological polar surface area (TPSA) is 81.4 Å². The van der Waals surface area contributed by atoms with Gasteiger partial charge in [-0.25, -0.2) is 8.42 Å². The molecule has 0 saturated heterocycles. The number of benzene rings is 2. The summed E-state index contributed by atoms with van der Waals surface area (Å²) in [5, 5.41) is 0. The van der Waals surface area contributed by atoms with Gasteiger partial charge in [0.15, 0.2) is 0 Å². The Balaban J connectivity index is 2.48. The summed E-state index contributed by atoms with van der Waals surface area (Å²) in [6.07, 6.45) is 0. The minimum atomic E-state index is -3.77. The van der Waals surface area contributed by atoms with E-state index < -0.39 is 10.0 Å². The Morgan fingerprint density at radius 1 is 1.14 bits per heavy atom. The molecule has 2 rings (SSSR count). The summed E-state index contributed by atoms with van der Waals surface area (Å²) in [6.45, 7) is 3.79. The van der Waals surface area contributed by atoms with Gasteiger partial charge in [0.05, 0.1) is 12.8 Å². The molecular formula is C15H18N2O3S. The van der Waals surface area contributed by atoms with Crippen LogP contribution in [0.1, 0.15) is 11.1 Å². The summed E-state index contributed by atoms with van der Waals surface area (Å²) in [6, 6.07) is 9.96. The highest BCUT2D eigenvalue weighted by molar-refractivity contribution is 7.92. The molecule has 3 N–H and O–H groups in total. The van der Waals surface area contributed by atoms with E-state index >= 15 is 0 Å². The lowest BCUT2D eigenvalue weighted by molar-refractivity contribution is 0.403. The van der Waals surface area contributed by atoms with Crippen LogP contribution in [-0.4, -0.2) is 15.5 Å². The van der Waals surface area contributed by atoms with Crippen LogP contribution in [-0.2, 0) is 10.0 Å². The van der Waals surface area contributed by atoms with Crippen molar-refractivity contribution in [3.8, 4) is 5.75 Å². The summed E-state index contributed by atoms with van der Waals surface area (Å²) in [5.41, 5.74) is 8.47.